The normalized spacial score (nSPS) is 11.2. The lowest BCUT2D eigenvalue weighted by molar-refractivity contribution is 0.403. The Labute approximate surface area is 131 Å². The highest BCUT2D eigenvalue weighted by molar-refractivity contribution is 9.10. The fraction of sp³-hybridized carbons (Fsp3) is 0.154. The number of anilines is 2. The highest BCUT2D eigenvalue weighted by atomic mass is 79.9. The molecule has 1 aromatic heterocycles. The lowest BCUT2D eigenvalue weighted by Crippen LogP contribution is -2.15. The van der Waals surface area contributed by atoms with E-state index < -0.39 is 10.0 Å². The van der Waals surface area contributed by atoms with E-state index in [1.54, 1.807) is 19.1 Å². The Bertz CT molecular complexity index is 778. The van der Waals surface area contributed by atoms with Crippen molar-refractivity contribution in [3.63, 3.8) is 0 Å². The molecule has 8 heteroatoms. The quantitative estimate of drug-likeness (QED) is 0.805. The first-order valence-corrected chi connectivity index (χ1v) is 8.20. The molecule has 0 atom stereocenters. The van der Waals surface area contributed by atoms with Crippen LogP contribution in [0.1, 0.15) is 5.69 Å². The van der Waals surface area contributed by atoms with Gasteiger partial charge < -0.3 is 10.5 Å². The van der Waals surface area contributed by atoms with Gasteiger partial charge in [0, 0.05) is 16.2 Å². The Morgan fingerprint density at radius 1 is 1.29 bits per heavy atom. The molecule has 112 valence electrons. The molecule has 0 spiro atoms. The van der Waals surface area contributed by atoms with Gasteiger partial charge in [-0.25, -0.2) is 13.4 Å². The van der Waals surface area contributed by atoms with Crippen molar-refractivity contribution in [1.82, 2.24) is 4.98 Å². The van der Waals surface area contributed by atoms with Crippen molar-refractivity contribution >= 4 is 37.5 Å². The summed E-state index contributed by atoms with van der Waals surface area (Å²) >= 11 is 3.31. The number of benzene rings is 1. The first kappa shape index (κ1) is 15.6. The monoisotopic (exact) mass is 371 g/mol. The molecule has 0 fully saturated rings. The van der Waals surface area contributed by atoms with Crippen molar-refractivity contribution < 1.29 is 13.2 Å². The number of nitrogen functional groups attached to an aromatic ring is 1. The van der Waals surface area contributed by atoms with E-state index in [2.05, 4.69) is 25.6 Å². The van der Waals surface area contributed by atoms with Crippen LogP contribution in [0.15, 0.2) is 39.7 Å². The van der Waals surface area contributed by atoms with Crippen molar-refractivity contribution in [2.45, 2.75) is 11.8 Å². The van der Waals surface area contributed by atoms with Crippen molar-refractivity contribution in [3.05, 3.63) is 40.5 Å². The van der Waals surface area contributed by atoms with Crippen molar-refractivity contribution in [2.75, 3.05) is 17.6 Å². The Morgan fingerprint density at radius 3 is 2.62 bits per heavy atom. The van der Waals surface area contributed by atoms with E-state index in [-0.39, 0.29) is 16.5 Å². The maximum Gasteiger partial charge on any atom is 0.266 e. The molecule has 0 aliphatic carbocycles. The van der Waals surface area contributed by atoms with Crippen molar-refractivity contribution in [2.24, 2.45) is 0 Å². The number of hydrogen-bond acceptors (Lipinski definition) is 5. The maximum atomic E-state index is 12.4. The van der Waals surface area contributed by atoms with E-state index in [0.29, 0.717) is 11.4 Å². The number of ether oxygens (including phenoxy) is 1. The molecule has 0 radical (unpaired) electrons. The largest absolute Gasteiger partial charge is 0.495 e. The lowest BCUT2D eigenvalue weighted by atomic mass is 10.3. The van der Waals surface area contributed by atoms with Gasteiger partial charge in [-0.05, 0) is 47.1 Å². The molecule has 3 N–H and O–H groups in total. The zero-order valence-electron chi connectivity index (χ0n) is 11.4. The molecule has 0 saturated carbocycles. The predicted molar refractivity (Wildman–Crippen MR) is 84.9 cm³/mol. The van der Waals surface area contributed by atoms with E-state index in [1.165, 1.54) is 25.3 Å². The summed E-state index contributed by atoms with van der Waals surface area (Å²) in [6, 6.07) is 7.63. The molecule has 0 unspecified atom stereocenters. The lowest BCUT2D eigenvalue weighted by Gasteiger charge is -2.12. The number of sulfonamides is 1. The number of aryl methyl sites for hydroxylation is 1. The van der Waals surface area contributed by atoms with Crippen LogP contribution in [0.3, 0.4) is 0 Å². The third-order valence-corrected chi connectivity index (χ3v) is 4.97. The molecule has 21 heavy (non-hydrogen) atoms. The molecule has 0 aliphatic heterocycles. The van der Waals surface area contributed by atoms with E-state index in [0.717, 1.165) is 4.47 Å². The standard InChI is InChI=1S/C13H14BrN3O3S/c1-8-10(14)4-6-13(16-8)17-21(18,19)12-5-3-9(15)7-11(12)20-2/h3-7H,15H2,1-2H3,(H,16,17). The van der Waals surface area contributed by atoms with E-state index >= 15 is 0 Å². The number of methoxy groups -OCH3 is 1. The molecule has 6 nitrogen and oxygen atoms in total. The topological polar surface area (TPSA) is 94.3 Å². The Balaban J connectivity index is 2.40. The van der Waals surface area contributed by atoms with E-state index in [4.69, 9.17) is 10.5 Å². The van der Waals surface area contributed by atoms with Crippen LogP contribution in [0, 0.1) is 6.92 Å². The summed E-state index contributed by atoms with van der Waals surface area (Å²) in [5.74, 6) is 0.408. The highest BCUT2D eigenvalue weighted by Gasteiger charge is 2.20. The minimum absolute atomic E-state index is 0.00146. The SMILES string of the molecule is COc1cc(N)ccc1S(=O)(=O)Nc1ccc(Br)c(C)n1. The van der Waals surface area contributed by atoms with Gasteiger partial charge in [0.05, 0.1) is 12.8 Å². The van der Waals surface area contributed by atoms with Gasteiger partial charge in [-0.15, -0.1) is 0 Å². The average molecular weight is 372 g/mol. The molecule has 0 aliphatic rings. The molecular weight excluding hydrogens is 358 g/mol. The fourth-order valence-corrected chi connectivity index (χ4v) is 3.07. The molecule has 1 aromatic carbocycles. The Morgan fingerprint density at radius 2 is 2.00 bits per heavy atom. The second-order valence-electron chi connectivity index (χ2n) is 4.28. The number of hydrogen-bond donors (Lipinski definition) is 2. The van der Waals surface area contributed by atoms with Crippen LogP contribution in [-0.2, 0) is 10.0 Å². The van der Waals surface area contributed by atoms with Gasteiger partial charge in [-0.2, -0.15) is 0 Å². The van der Waals surface area contributed by atoms with Gasteiger partial charge >= 0.3 is 0 Å². The summed E-state index contributed by atoms with van der Waals surface area (Å²) in [6.45, 7) is 1.77. The van der Waals surface area contributed by atoms with Gasteiger partial charge in [-0.3, -0.25) is 4.72 Å². The summed E-state index contributed by atoms with van der Waals surface area (Å²) in [7, 11) is -2.43. The van der Waals surface area contributed by atoms with Crippen LogP contribution >= 0.6 is 15.9 Å². The summed E-state index contributed by atoms with van der Waals surface area (Å²) in [5, 5.41) is 0. The van der Waals surface area contributed by atoms with Crippen LogP contribution in [0.2, 0.25) is 0 Å². The van der Waals surface area contributed by atoms with E-state index in [1.807, 2.05) is 0 Å². The molecule has 0 bridgehead atoms. The maximum absolute atomic E-state index is 12.4. The molecule has 2 rings (SSSR count). The van der Waals surface area contributed by atoms with Crippen molar-refractivity contribution in [1.29, 1.82) is 0 Å². The number of pyridine rings is 1. The first-order valence-electron chi connectivity index (χ1n) is 5.93. The zero-order valence-corrected chi connectivity index (χ0v) is 13.8. The van der Waals surface area contributed by atoms with Crippen LogP contribution in [0.5, 0.6) is 5.75 Å². The second kappa shape index (κ2) is 5.90. The first-order chi connectivity index (χ1) is 9.83. The minimum atomic E-state index is -3.81. The summed E-state index contributed by atoms with van der Waals surface area (Å²) < 4.78 is 33.1. The predicted octanol–water partition coefficient (Wildman–Crippen LogP) is 2.54. The third kappa shape index (κ3) is 3.45. The summed E-state index contributed by atoms with van der Waals surface area (Å²) in [5.41, 5.74) is 6.72. The summed E-state index contributed by atoms with van der Waals surface area (Å²) in [6.07, 6.45) is 0. The Hall–Kier alpha value is -1.80. The third-order valence-electron chi connectivity index (χ3n) is 2.74. The van der Waals surface area contributed by atoms with Gasteiger partial charge in [-0.1, -0.05) is 0 Å². The second-order valence-corrected chi connectivity index (χ2v) is 6.78. The highest BCUT2D eigenvalue weighted by Crippen LogP contribution is 2.27. The average Bonchev–Trinajstić information content (AvgIpc) is 2.42. The molecule has 1 heterocycles. The van der Waals surface area contributed by atoms with Crippen LogP contribution < -0.4 is 15.2 Å². The van der Waals surface area contributed by atoms with Gasteiger partial charge in [0.1, 0.15) is 16.5 Å². The van der Waals surface area contributed by atoms with Crippen molar-refractivity contribution in [3.8, 4) is 5.75 Å². The molecular formula is C13H14BrN3O3S. The number of nitrogens with two attached hydrogens (primary N) is 1. The van der Waals surface area contributed by atoms with E-state index in [9.17, 15) is 8.42 Å². The van der Waals surface area contributed by atoms with Gasteiger partial charge in [0.25, 0.3) is 10.0 Å². The number of halogens is 1. The van der Waals surface area contributed by atoms with Crippen LogP contribution in [-0.4, -0.2) is 20.5 Å². The number of nitrogens with one attached hydrogen (secondary N) is 1. The molecule has 0 saturated heterocycles. The summed E-state index contributed by atoms with van der Waals surface area (Å²) in [4.78, 5) is 4.16. The van der Waals surface area contributed by atoms with Crippen LogP contribution in [0.4, 0.5) is 11.5 Å². The minimum Gasteiger partial charge on any atom is -0.495 e. The fourth-order valence-electron chi connectivity index (χ4n) is 1.70. The van der Waals surface area contributed by atoms with Gasteiger partial charge in [0.2, 0.25) is 0 Å². The zero-order chi connectivity index (χ0) is 15.6. The molecule has 2 aromatic rings. The van der Waals surface area contributed by atoms with Gasteiger partial charge in [0.15, 0.2) is 0 Å². The Kier molecular flexibility index (Phi) is 4.38. The molecule has 0 amide bonds. The number of nitrogens with zero attached hydrogens (tertiary/aromatic N) is 1. The number of rotatable bonds is 4. The van der Waals surface area contributed by atoms with Crippen LogP contribution in [0.25, 0.3) is 0 Å². The smallest absolute Gasteiger partial charge is 0.266 e. The number of aromatic nitrogens is 1.